The summed E-state index contributed by atoms with van der Waals surface area (Å²) in [5, 5.41) is 6.37. The first-order valence-electron chi connectivity index (χ1n) is 12.9. The monoisotopic (exact) mass is 469 g/mol. The molecule has 0 saturated carbocycles. The van der Waals surface area contributed by atoms with Gasteiger partial charge >= 0.3 is 0 Å². The third-order valence-electron chi connectivity index (χ3n) is 7.48. The number of rotatable bonds is 7. The number of aryl methyl sites for hydroxylation is 2. The smallest absolute Gasteiger partial charge is 0.253 e. The largest absolute Gasteiger partial charge is 0.386 e. The minimum Gasteiger partial charge on any atom is -0.386 e. The minimum absolute atomic E-state index is 0.0544. The van der Waals surface area contributed by atoms with E-state index in [2.05, 4.69) is 86.3 Å². The van der Waals surface area contributed by atoms with Crippen LogP contribution in [0.2, 0.25) is 0 Å². The van der Waals surface area contributed by atoms with Crippen LogP contribution in [0, 0.1) is 20.8 Å². The molecule has 4 heteroatoms. The molecule has 184 valence electrons. The molecule has 0 spiro atoms. The van der Waals surface area contributed by atoms with Gasteiger partial charge in [-0.1, -0.05) is 37.8 Å². The van der Waals surface area contributed by atoms with E-state index in [1.165, 1.54) is 41.5 Å². The van der Waals surface area contributed by atoms with Gasteiger partial charge in [0, 0.05) is 36.6 Å². The van der Waals surface area contributed by atoms with Crippen molar-refractivity contribution in [2.24, 2.45) is 0 Å². The van der Waals surface area contributed by atoms with Crippen molar-refractivity contribution < 1.29 is 4.79 Å². The van der Waals surface area contributed by atoms with Crippen LogP contribution in [0.5, 0.6) is 0 Å². The lowest BCUT2D eigenvalue weighted by Gasteiger charge is -2.30. The summed E-state index contributed by atoms with van der Waals surface area (Å²) in [6.07, 6.45) is 8.76. The Morgan fingerprint density at radius 2 is 1.71 bits per heavy atom. The highest BCUT2D eigenvalue weighted by atomic mass is 16.1. The van der Waals surface area contributed by atoms with Gasteiger partial charge in [0.05, 0.1) is 0 Å². The fourth-order valence-corrected chi connectivity index (χ4v) is 5.36. The molecule has 4 nitrogen and oxygen atoms in total. The summed E-state index contributed by atoms with van der Waals surface area (Å²) in [5.41, 5.74) is 10.4. The number of hydrogen-bond donors (Lipinski definition) is 2. The molecule has 2 N–H and O–H groups in total. The highest BCUT2D eigenvalue weighted by Gasteiger charge is 2.18. The number of amides is 1. The van der Waals surface area contributed by atoms with Crippen molar-refractivity contribution in [2.75, 3.05) is 25.0 Å². The number of carbonyl (C=O) groups is 1. The van der Waals surface area contributed by atoms with Crippen LogP contribution in [0.15, 0.2) is 66.4 Å². The molecule has 1 amide bonds. The number of carbonyl (C=O) groups excluding carboxylic acids is 1. The van der Waals surface area contributed by atoms with Gasteiger partial charge in [-0.3, -0.25) is 4.79 Å². The fourth-order valence-electron chi connectivity index (χ4n) is 5.36. The maximum absolute atomic E-state index is 13.0. The molecule has 1 fully saturated rings. The van der Waals surface area contributed by atoms with Gasteiger partial charge in [0.25, 0.3) is 5.91 Å². The summed E-state index contributed by atoms with van der Waals surface area (Å²) < 4.78 is 0. The number of likely N-dealkylation sites (tertiary alicyclic amines) is 1. The first-order valence-corrected chi connectivity index (χ1v) is 12.9. The second kappa shape index (κ2) is 11.0. The number of nitrogens with zero attached hydrogens (tertiary/aromatic N) is 1. The normalized spacial score (nSPS) is 16.6. The quantitative estimate of drug-likeness (QED) is 0.479. The average Bonchev–Trinajstić information content (AvgIpc) is 2.87. The van der Waals surface area contributed by atoms with Crippen LogP contribution in [0.4, 0.5) is 5.69 Å². The molecule has 2 heterocycles. The molecule has 0 bridgehead atoms. The second-order valence-electron chi connectivity index (χ2n) is 10.1. The van der Waals surface area contributed by atoms with Crippen molar-refractivity contribution in [1.29, 1.82) is 0 Å². The molecule has 1 unspecified atom stereocenters. The van der Waals surface area contributed by atoms with Crippen molar-refractivity contribution in [2.45, 2.75) is 59.3 Å². The van der Waals surface area contributed by atoms with Crippen LogP contribution in [0.25, 0.3) is 5.70 Å². The van der Waals surface area contributed by atoms with Crippen molar-refractivity contribution in [1.82, 2.24) is 10.2 Å². The Morgan fingerprint density at radius 3 is 2.43 bits per heavy atom. The SMILES string of the molecule is C=C(c1ccc(NC(=O)C2=CC(CC(C)c3c(C)ccc(C)c3C)=CNC2)cc1)N1CCCCC1. The Kier molecular flexibility index (Phi) is 7.80. The number of hydrogen-bond acceptors (Lipinski definition) is 3. The molecule has 0 radical (unpaired) electrons. The van der Waals surface area contributed by atoms with Crippen LogP contribution < -0.4 is 10.6 Å². The lowest BCUT2D eigenvalue weighted by molar-refractivity contribution is -0.112. The molecule has 4 rings (SSSR count). The van der Waals surface area contributed by atoms with Crippen LogP contribution in [-0.4, -0.2) is 30.4 Å². The maximum atomic E-state index is 13.0. The highest BCUT2D eigenvalue weighted by Crippen LogP contribution is 2.31. The summed E-state index contributed by atoms with van der Waals surface area (Å²) in [6, 6.07) is 12.5. The van der Waals surface area contributed by atoms with Gasteiger partial charge in [-0.25, -0.2) is 0 Å². The zero-order valence-electron chi connectivity index (χ0n) is 21.7. The van der Waals surface area contributed by atoms with E-state index in [4.69, 9.17) is 0 Å². The van der Waals surface area contributed by atoms with E-state index >= 15 is 0 Å². The Hall–Kier alpha value is -3.27. The van der Waals surface area contributed by atoms with Gasteiger partial charge in [-0.05, 0) is 110 Å². The van der Waals surface area contributed by atoms with Crippen LogP contribution in [-0.2, 0) is 4.79 Å². The summed E-state index contributed by atoms with van der Waals surface area (Å²) in [7, 11) is 0. The topological polar surface area (TPSA) is 44.4 Å². The molecule has 35 heavy (non-hydrogen) atoms. The molecule has 0 aliphatic carbocycles. The predicted molar refractivity (Wildman–Crippen MR) is 147 cm³/mol. The first kappa shape index (κ1) is 24.8. The van der Waals surface area contributed by atoms with Gasteiger partial charge in [0.15, 0.2) is 0 Å². The van der Waals surface area contributed by atoms with Crippen molar-refractivity contribution >= 4 is 17.3 Å². The maximum Gasteiger partial charge on any atom is 0.253 e. The third-order valence-corrected chi connectivity index (χ3v) is 7.48. The zero-order valence-corrected chi connectivity index (χ0v) is 21.7. The van der Waals surface area contributed by atoms with E-state index in [-0.39, 0.29) is 5.91 Å². The number of benzene rings is 2. The molecule has 1 atom stereocenters. The number of nitrogens with one attached hydrogen (secondary N) is 2. The minimum atomic E-state index is -0.0544. The Bertz CT molecular complexity index is 1150. The summed E-state index contributed by atoms with van der Waals surface area (Å²) >= 11 is 0. The van der Waals surface area contributed by atoms with Gasteiger partial charge in [-0.15, -0.1) is 0 Å². The van der Waals surface area contributed by atoms with Gasteiger partial charge < -0.3 is 15.5 Å². The van der Waals surface area contributed by atoms with Crippen molar-refractivity contribution in [3.05, 3.63) is 94.2 Å². The van der Waals surface area contributed by atoms with Crippen molar-refractivity contribution in [3.63, 3.8) is 0 Å². The Morgan fingerprint density at radius 1 is 1.03 bits per heavy atom. The predicted octanol–water partition coefficient (Wildman–Crippen LogP) is 6.61. The van der Waals surface area contributed by atoms with Gasteiger partial charge in [-0.2, -0.15) is 0 Å². The standard InChI is InChI=1S/C31H39N3O/c1-21-9-10-22(2)30(24(21)4)23(3)17-26-18-28(20-32-19-26)31(35)33-29-13-11-27(12-14-29)25(5)34-15-7-6-8-16-34/h9-14,18-19,23,32H,5-8,15-17,20H2,1-4H3,(H,33,35). The molecule has 2 aliphatic rings. The molecule has 2 aromatic carbocycles. The van der Waals surface area contributed by atoms with Gasteiger partial charge in [0.1, 0.15) is 0 Å². The Labute approximate surface area is 210 Å². The fraction of sp³-hybridized carbons (Fsp3) is 0.387. The molecule has 1 saturated heterocycles. The lowest BCUT2D eigenvalue weighted by atomic mass is 9.85. The summed E-state index contributed by atoms with van der Waals surface area (Å²) in [5.74, 6) is 0.323. The molecular formula is C31H39N3O. The van der Waals surface area contributed by atoms with E-state index < -0.39 is 0 Å². The number of allylic oxidation sites excluding steroid dienone is 2. The lowest BCUT2D eigenvalue weighted by Crippen LogP contribution is -2.27. The van der Waals surface area contributed by atoms with Crippen LogP contribution in [0.1, 0.15) is 66.3 Å². The van der Waals surface area contributed by atoms with E-state index in [0.717, 1.165) is 47.6 Å². The number of piperidine rings is 1. The van der Waals surface area contributed by atoms with E-state index in [1.54, 1.807) is 0 Å². The van der Waals surface area contributed by atoms with Crippen molar-refractivity contribution in [3.8, 4) is 0 Å². The third kappa shape index (κ3) is 5.87. The average molecular weight is 470 g/mol. The first-order chi connectivity index (χ1) is 16.8. The van der Waals surface area contributed by atoms with E-state index in [1.807, 2.05) is 12.1 Å². The van der Waals surface area contributed by atoms with Crippen LogP contribution in [0.3, 0.4) is 0 Å². The number of dihydropyridines is 1. The molecule has 0 aromatic heterocycles. The molecular weight excluding hydrogens is 430 g/mol. The van der Waals surface area contributed by atoms with Crippen LogP contribution >= 0.6 is 0 Å². The van der Waals surface area contributed by atoms with Gasteiger partial charge in [0.2, 0.25) is 0 Å². The number of anilines is 1. The highest BCUT2D eigenvalue weighted by molar-refractivity contribution is 6.04. The summed E-state index contributed by atoms with van der Waals surface area (Å²) in [4.78, 5) is 15.4. The van der Waals surface area contributed by atoms with E-state index in [9.17, 15) is 4.79 Å². The molecule has 2 aromatic rings. The Balaban J connectivity index is 1.39. The second-order valence-corrected chi connectivity index (χ2v) is 10.1. The van der Waals surface area contributed by atoms with E-state index in [0.29, 0.717) is 12.5 Å². The summed E-state index contributed by atoms with van der Waals surface area (Å²) in [6.45, 7) is 15.8. The zero-order chi connectivity index (χ0) is 24.9. The molecule has 2 aliphatic heterocycles.